The van der Waals surface area contributed by atoms with Gasteiger partial charge in [-0.1, -0.05) is 26.0 Å². The summed E-state index contributed by atoms with van der Waals surface area (Å²) >= 11 is 0. The van der Waals surface area contributed by atoms with Crippen LogP contribution in [0.15, 0.2) is 29.2 Å². The molecule has 0 spiro atoms. The smallest absolute Gasteiger partial charge is 0.303 e. The van der Waals surface area contributed by atoms with Gasteiger partial charge in [-0.3, -0.25) is 4.79 Å². The zero-order chi connectivity index (χ0) is 15.2. The molecule has 0 aliphatic carbocycles. The number of carboxylic acid groups (broad SMARTS) is 1. The number of aliphatic carboxylic acids is 1. The second-order valence-electron chi connectivity index (χ2n) is 4.77. The molecule has 1 unspecified atom stereocenters. The van der Waals surface area contributed by atoms with Crippen LogP contribution in [0.5, 0.6) is 0 Å². The van der Waals surface area contributed by atoms with E-state index >= 15 is 0 Å². The van der Waals surface area contributed by atoms with Gasteiger partial charge in [0.05, 0.1) is 4.90 Å². The molecule has 5 nitrogen and oxygen atoms in total. The first-order valence-electron chi connectivity index (χ1n) is 6.68. The van der Waals surface area contributed by atoms with Crippen LogP contribution in [-0.2, 0) is 14.8 Å². The molecular weight excluding hydrogens is 278 g/mol. The largest absolute Gasteiger partial charge is 0.481 e. The van der Waals surface area contributed by atoms with Crippen molar-refractivity contribution in [2.75, 3.05) is 6.54 Å². The molecule has 0 aliphatic rings. The molecule has 2 N–H and O–H groups in total. The van der Waals surface area contributed by atoms with Crippen molar-refractivity contribution in [3.05, 3.63) is 29.8 Å². The van der Waals surface area contributed by atoms with Crippen LogP contribution in [0.25, 0.3) is 0 Å². The van der Waals surface area contributed by atoms with Crippen LogP contribution in [0.4, 0.5) is 0 Å². The van der Waals surface area contributed by atoms with Crippen molar-refractivity contribution in [1.82, 2.24) is 4.72 Å². The molecule has 0 aliphatic heterocycles. The Kier molecular flexibility index (Phi) is 6.16. The lowest BCUT2D eigenvalue weighted by Gasteiger charge is -2.10. The minimum atomic E-state index is -3.55. The van der Waals surface area contributed by atoms with Crippen LogP contribution in [0.1, 0.15) is 44.6 Å². The predicted octanol–water partition coefficient (Wildman–Crippen LogP) is 2.34. The van der Waals surface area contributed by atoms with Gasteiger partial charge in [0.15, 0.2) is 0 Å². The van der Waals surface area contributed by atoms with Crippen LogP contribution < -0.4 is 4.72 Å². The fourth-order valence-electron chi connectivity index (χ4n) is 1.74. The molecule has 0 heterocycles. The lowest BCUT2D eigenvalue weighted by atomic mass is 9.99. The first kappa shape index (κ1) is 16.7. The average Bonchev–Trinajstić information content (AvgIpc) is 2.43. The highest BCUT2D eigenvalue weighted by atomic mass is 32.2. The van der Waals surface area contributed by atoms with Gasteiger partial charge in [0.1, 0.15) is 0 Å². The number of carbonyl (C=O) groups is 1. The number of sulfonamides is 1. The van der Waals surface area contributed by atoms with Gasteiger partial charge >= 0.3 is 5.97 Å². The van der Waals surface area contributed by atoms with Crippen molar-refractivity contribution in [3.8, 4) is 0 Å². The number of benzene rings is 1. The highest BCUT2D eigenvalue weighted by Gasteiger charge is 2.14. The number of carboxylic acids is 1. The van der Waals surface area contributed by atoms with Crippen LogP contribution >= 0.6 is 0 Å². The summed E-state index contributed by atoms with van der Waals surface area (Å²) in [6.45, 7) is 4.30. The highest BCUT2D eigenvalue weighted by Crippen LogP contribution is 2.20. The molecule has 0 aromatic heterocycles. The second kappa shape index (κ2) is 7.40. The lowest BCUT2D eigenvalue weighted by molar-refractivity contribution is -0.137. The topological polar surface area (TPSA) is 83.5 Å². The van der Waals surface area contributed by atoms with Gasteiger partial charge in [-0.05, 0) is 36.5 Å². The third-order valence-electron chi connectivity index (χ3n) is 3.23. The Bertz CT molecular complexity index is 537. The molecule has 20 heavy (non-hydrogen) atoms. The summed E-state index contributed by atoms with van der Waals surface area (Å²) in [5.74, 6) is -0.530. The Labute approximate surface area is 120 Å². The molecule has 0 bridgehead atoms. The molecule has 1 rings (SSSR count). The van der Waals surface area contributed by atoms with E-state index in [2.05, 4.69) is 18.6 Å². The maximum absolute atomic E-state index is 12.0. The summed E-state index contributed by atoms with van der Waals surface area (Å²) in [5, 5.41) is 8.49. The van der Waals surface area contributed by atoms with E-state index in [1.54, 1.807) is 12.1 Å². The van der Waals surface area contributed by atoms with Crippen molar-refractivity contribution in [2.24, 2.45) is 0 Å². The van der Waals surface area contributed by atoms with Crippen molar-refractivity contribution in [2.45, 2.75) is 43.9 Å². The first-order valence-corrected chi connectivity index (χ1v) is 8.16. The SMILES string of the molecule is CCC(C)c1ccc(S(=O)(=O)NCCCC(=O)O)cc1. The average molecular weight is 299 g/mol. The van der Waals surface area contributed by atoms with E-state index in [4.69, 9.17) is 5.11 Å². The molecule has 6 heteroatoms. The van der Waals surface area contributed by atoms with E-state index in [9.17, 15) is 13.2 Å². The maximum Gasteiger partial charge on any atom is 0.303 e. The molecule has 0 amide bonds. The van der Waals surface area contributed by atoms with Crippen LogP contribution in [0, 0.1) is 0 Å². The normalized spacial score (nSPS) is 13.1. The van der Waals surface area contributed by atoms with Gasteiger partial charge in [-0.2, -0.15) is 0 Å². The fraction of sp³-hybridized carbons (Fsp3) is 0.500. The minimum Gasteiger partial charge on any atom is -0.481 e. The molecule has 0 radical (unpaired) electrons. The van der Waals surface area contributed by atoms with Gasteiger partial charge in [0.25, 0.3) is 0 Å². The fourth-order valence-corrected chi connectivity index (χ4v) is 2.81. The quantitative estimate of drug-likeness (QED) is 0.722. The Morgan fingerprint density at radius 3 is 2.40 bits per heavy atom. The summed E-state index contributed by atoms with van der Waals surface area (Å²) in [5.41, 5.74) is 1.11. The number of nitrogens with one attached hydrogen (secondary N) is 1. The van der Waals surface area contributed by atoms with E-state index < -0.39 is 16.0 Å². The molecule has 0 fully saturated rings. The van der Waals surface area contributed by atoms with Crippen molar-refractivity contribution in [1.29, 1.82) is 0 Å². The summed E-state index contributed by atoms with van der Waals surface area (Å²) in [7, 11) is -3.55. The van der Waals surface area contributed by atoms with Gasteiger partial charge < -0.3 is 5.11 Å². The summed E-state index contributed by atoms with van der Waals surface area (Å²) < 4.78 is 26.3. The minimum absolute atomic E-state index is 0.0462. The molecule has 1 aromatic carbocycles. The highest BCUT2D eigenvalue weighted by molar-refractivity contribution is 7.89. The molecule has 0 saturated heterocycles. The van der Waals surface area contributed by atoms with E-state index in [-0.39, 0.29) is 24.3 Å². The summed E-state index contributed by atoms with van der Waals surface area (Å²) in [6.07, 6.45) is 1.23. The molecular formula is C14H21NO4S. The summed E-state index contributed by atoms with van der Waals surface area (Å²) in [6, 6.07) is 6.81. The molecule has 1 atom stereocenters. The van der Waals surface area contributed by atoms with Crippen LogP contribution in [0.2, 0.25) is 0 Å². The third-order valence-corrected chi connectivity index (χ3v) is 4.71. The molecule has 112 valence electrons. The van der Waals surface area contributed by atoms with Gasteiger partial charge in [-0.25, -0.2) is 13.1 Å². The first-order chi connectivity index (χ1) is 9.36. The Morgan fingerprint density at radius 1 is 1.30 bits per heavy atom. The number of hydrogen-bond acceptors (Lipinski definition) is 3. The monoisotopic (exact) mass is 299 g/mol. The van der Waals surface area contributed by atoms with Gasteiger partial charge in [-0.15, -0.1) is 0 Å². The number of rotatable bonds is 8. The Balaban J connectivity index is 2.65. The maximum atomic E-state index is 12.0. The van der Waals surface area contributed by atoms with E-state index in [1.165, 1.54) is 0 Å². The Hall–Kier alpha value is -1.40. The predicted molar refractivity (Wildman–Crippen MR) is 77.2 cm³/mol. The molecule has 0 saturated carbocycles. The zero-order valence-electron chi connectivity index (χ0n) is 11.8. The van der Waals surface area contributed by atoms with Crippen LogP contribution in [0.3, 0.4) is 0 Å². The molecule has 1 aromatic rings. The van der Waals surface area contributed by atoms with Gasteiger partial charge in [0.2, 0.25) is 10.0 Å². The van der Waals surface area contributed by atoms with E-state index in [0.29, 0.717) is 5.92 Å². The van der Waals surface area contributed by atoms with E-state index in [0.717, 1.165) is 12.0 Å². The van der Waals surface area contributed by atoms with Crippen molar-refractivity contribution < 1.29 is 18.3 Å². The van der Waals surface area contributed by atoms with Gasteiger partial charge in [0, 0.05) is 13.0 Å². The standard InChI is InChI=1S/C14H21NO4S/c1-3-11(2)12-6-8-13(9-7-12)20(18,19)15-10-4-5-14(16)17/h6-9,11,15H,3-5,10H2,1-2H3,(H,16,17). The second-order valence-corrected chi connectivity index (χ2v) is 6.54. The third kappa shape index (κ3) is 4.94. The van der Waals surface area contributed by atoms with E-state index in [1.807, 2.05) is 12.1 Å². The Morgan fingerprint density at radius 2 is 1.90 bits per heavy atom. The van der Waals surface area contributed by atoms with Crippen molar-refractivity contribution in [3.63, 3.8) is 0 Å². The zero-order valence-corrected chi connectivity index (χ0v) is 12.6. The van der Waals surface area contributed by atoms with Crippen LogP contribution in [-0.4, -0.2) is 26.0 Å². The van der Waals surface area contributed by atoms with Crippen molar-refractivity contribution >= 4 is 16.0 Å². The lowest BCUT2D eigenvalue weighted by Crippen LogP contribution is -2.25. The summed E-state index contributed by atoms with van der Waals surface area (Å²) in [4.78, 5) is 10.6. The number of hydrogen-bond donors (Lipinski definition) is 2.